The highest BCUT2D eigenvalue weighted by Crippen LogP contribution is 2.16. The lowest BCUT2D eigenvalue weighted by Gasteiger charge is -2.07. The Hall–Kier alpha value is -2.68. The van der Waals surface area contributed by atoms with Crippen molar-refractivity contribution in [3.8, 4) is 0 Å². The first kappa shape index (κ1) is 20.1. The van der Waals surface area contributed by atoms with Crippen LogP contribution >= 0.6 is 22.9 Å². The molecule has 0 saturated carbocycles. The number of anilines is 1. The van der Waals surface area contributed by atoms with Gasteiger partial charge in [0.05, 0.1) is 15.5 Å². The lowest BCUT2D eigenvalue weighted by atomic mass is 10.1. The Kier molecular flexibility index (Phi) is 6.13. The number of hydrogen-bond donors (Lipinski definition) is 2. The number of benzene rings is 2. The Morgan fingerprint density at radius 2 is 1.71 bits per heavy atom. The zero-order valence-corrected chi connectivity index (χ0v) is 17.1. The molecule has 2 aromatic carbocycles. The zero-order valence-electron chi connectivity index (χ0n) is 14.7. The second-order valence-electron chi connectivity index (χ2n) is 5.75. The Morgan fingerprint density at radius 3 is 2.32 bits per heavy atom. The van der Waals surface area contributed by atoms with Gasteiger partial charge in [-0.25, -0.2) is 0 Å². The predicted octanol–water partition coefficient (Wildman–Crippen LogP) is 4.36. The molecule has 0 atom stereocenters. The van der Waals surface area contributed by atoms with E-state index in [1.54, 1.807) is 37.3 Å². The standard InChI is InChI=1S/C19H16ClN3O3S2/c1-13(22-23-28(25,26)17-10-6-15(20)7-11-17)14-4-8-16(9-5-14)21-19(24)18-3-2-12-27-18/h2-12,23H,1H3,(H,21,24). The van der Waals surface area contributed by atoms with E-state index in [9.17, 15) is 13.2 Å². The van der Waals surface area contributed by atoms with Gasteiger partial charge in [0.25, 0.3) is 15.9 Å². The van der Waals surface area contributed by atoms with Crippen molar-refractivity contribution in [2.24, 2.45) is 5.10 Å². The van der Waals surface area contributed by atoms with Gasteiger partial charge in [-0.15, -0.1) is 11.3 Å². The Morgan fingerprint density at radius 1 is 1.04 bits per heavy atom. The zero-order chi connectivity index (χ0) is 20.1. The van der Waals surface area contributed by atoms with Crippen LogP contribution in [0.3, 0.4) is 0 Å². The van der Waals surface area contributed by atoms with Gasteiger partial charge in [-0.3, -0.25) is 4.79 Å². The number of amides is 1. The summed E-state index contributed by atoms with van der Waals surface area (Å²) in [5, 5.41) is 9.04. The number of sulfonamides is 1. The van der Waals surface area contributed by atoms with E-state index in [0.29, 0.717) is 26.9 Å². The highest BCUT2D eigenvalue weighted by Gasteiger charge is 2.13. The third-order valence-corrected chi connectivity index (χ3v) is 6.11. The molecule has 2 N–H and O–H groups in total. The van der Waals surface area contributed by atoms with Crippen LogP contribution in [0.2, 0.25) is 5.02 Å². The van der Waals surface area contributed by atoms with Crippen molar-refractivity contribution in [1.29, 1.82) is 0 Å². The number of hydrogen-bond acceptors (Lipinski definition) is 5. The number of carbonyl (C=O) groups is 1. The second-order valence-corrected chi connectivity index (χ2v) is 8.80. The van der Waals surface area contributed by atoms with Gasteiger partial charge in [-0.1, -0.05) is 29.8 Å². The minimum atomic E-state index is -3.78. The van der Waals surface area contributed by atoms with Gasteiger partial charge in [-0.2, -0.15) is 18.4 Å². The molecule has 1 aromatic heterocycles. The van der Waals surface area contributed by atoms with Gasteiger partial charge in [-0.05, 0) is 60.3 Å². The van der Waals surface area contributed by atoms with Crippen molar-refractivity contribution in [3.05, 3.63) is 81.5 Å². The van der Waals surface area contributed by atoms with Gasteiger partial charge >= 0.3 is 0 Å². The first-order valence-electron chi connectivity index (χ1n) is 8.12. The molecule has 0 aliphatic heterocycles. The molecule has 9 heteroatoms. The predicted molar refractivity (Wildman–Crippen MR) is 113 cm³/mol. The van der Waals surface area contributed by atoms with Crippen molar-refractivity contribution in [1.82, 2.24) is 4.83 Å². The summed E-state index contributed by atoms with van der Waals surface area (Å²) >= 11 is 7.14. The van der Waals surface area contributed by atoms with E-state index in [-0.39, 0.29) is 10.8 Å². The molecule has 0 unspecified atom stereocenters. The van der Waals surface area contributed by atoms with E-state index >= 15 is 0 Å². The number of halogens is 1. The molecule has 6 nitrogen and oxygen atoms in total. The molecule has 3 rings (SSSR count). The molecule has 3 aromatic rings. The Labute approximate surface area is 171 Å². The van der Waals surface area contributed by atoms with Gasteiger partial charge in [0.1, 0.15) is 0 Å². The average Bonchev–Trinajstić information content (AvgIpc) is 3.22. The molecule has 0 bridgehead atoms. The SMILES string of the molecule is CC(=NNS(=O)(=O)c1ccc(Cl)cc1)c1ccc(NC(=O)c2cccs2)cc1. The van der Waals surface area contributed by atoms with E-state index in [1.165, 1.54) is 35.6 Å². The molecule has 0 fully saturated rings. The molecule has 0 aliphatic rings. The molecule has 144 valence electrons. The number of thiophene rings is 1. The first-order chi connectivity index (χ1) is 13.3. The summed E-state index contributed by atoms with van der Waals surface area (Å²) in [4.78, 5) is 15.0. The summed E-state index contributed by atoms with van der Waals surface area (Å²) in [5.41, 5.74) is 1.83. The summed E-state index contributed by atoms with van der Waals surface area (Å²) in [5.74, 6) is -0.177. The minimum absolute atomic E-state index is 0.0695. The molecule has 1 heterocycles. The molecule has 1 amide bonds. The summed E-state index contributed by atoms with van der Waals surface area (Å²) in [6, 6.07) is 16.3. The highest BCUT2D eigenvalue weighted by atomic mass is 35.5. The average molecular weight is 434 g/mol. The van der Waals surface area contributed by atoms with E-state index < -0.39 is 10.0 Å². The molecule has 0 spiro atoms. The normalized spacial score (nSPS) is 11.9. The molecule has 0 radical (unpaired) electrons. The number of nitrogens with one attached hydrogen (secondary N) is 2. The van der Waals surface area contributed by atoms with Gasteiger partial charge in [0.2, 0.25) is 0 Å². The largest absolute Gasteiger partial charge is 0.321 e. The van der Waals surface area contributed by atoms with Crippen molar-refractivity contribution < 1.29 is 13.2 Å². The smallest absolute Gasteiger partial charge is 0.276 e. The fourth-order valence-electron chi connectivity index (χ4n) is 2.25. The monoisotopic (exact) mass is 433 g/mol. The van der Waals surface area contributed by atoms with Crippen LogP contribution in [-0.4, -0.2) is 20.0 Å². The summed E-state index contributed by atoms with van der Waals surface area (Å²) in [6.07, 6.45) is 0. The fraction of sp³-hybridized carbons (Fsp3) is 0.0526. The second kappa shape index (κ2) is 8.55. The van der Waals surface area contributed by atoms with Crippen LogP contribution in [0.5, 0.6) is 0 Å². The van der Waals surface area contributed by atoms with Crippen molar-refractivity contribution in [3.63, 3.8) is 0 Å². The third-order valence-electron chi connectivity index (χ3n) is 3.76. The molecule has 0 aliphatic carbocycles. The van der Waals surface area contributed by atoms with E-state index in [0.717, 1.165) is 0 Å². The van der Waals surface area contributed by atoms with Crippen molar-refractivity contribution in [2.45, 2.75) is 11.8 Å². The molecule has 28 heavy (non-hydrogen) atoms. The molecule has 0 saturated heterocycles. The van der Waals surface area contributed by atoms with Crippen molar-refractivity contribution >= 4 is 50.3 Å². The van der Waals surface area contributed by atoms with Crippen LogP contribution in [0, 0.1) is 0 Å². The number of rotatable bonds is 6. The van der Waals surface area contributed by atoms with Gasteiger partial charge < -0.3 is 5.32 Å². The summed E-state index contributed by atoms with van der Waals surface area (Å²) in [6.45, 7) is 1.68. The fourth-order valence-corrected chi connectivity index (χ4v) is 3.86. The Balaban J connectivity index is 1.67. The lowest BCUT2D eigenvalue weighted by Crippen LogP contribution is -2.19. The lowest BCUT2D eigenvalue weighted by molar-refractivity contribution is 0.103. The number of nitrogens with zero attached hydrogens (tertiary/aromatic N) is 1. The Bertz CT molecular complexity index is 1090. The maximum Gasteiger partial charge on any atom is 0.276 e. The molecular weight excluding hydrogens is 418 g/mol. The minimum Gasteiger partial charge on any atom is -0.321 e. The van der Waals surface area contributed by atoms with E-state index in [1.807, 2.05) is 11.4 Å². The number of hydrazone groups is 1. The maximum absolute atomic E-state index is 12.3. The van der Waals surface area contributed by atoms with Crippen LogP contribution in [0.1, 0.15) is 22.2 Å². The highest BCUT2D eigenvalue weighted by molar-refractivity contribution is 7.89. The van der Waals surface area contributed by atoms with Crippen LogP contribution in [-0.2, 0) is 10.0 Å². The quantitative estimate of drug-likeness (QED) is 0.447. The third kappa shape index (κ3) is 4.98. The van der Waals surface area contributed by atoms with Crippen LogP contribution in [0.4, 0.5) is 5.69 Å². The van der Waals surface area contributed by atoms with Crippen LogP contribution < -0.4 is 10.1 Å². The van der Waals surface area contributed by atoms with Gasteiger partial charge in [0.15, 0.2) is 0 Å². The maximum atomic E-state index is 12.3. The van der Waals surface area contributed by atoms with E-state index in [4.69, 9.17) is 11.6 Å². The molecular formula is C19H16ClN3O3S2. The van der Waals surface area contributed by atoms with E-state index in [2.05, 4.69) is 15.2 Å². The van der Waals surface area contributed by atoms with Gasteiger partial charge in [0, 0.05) is 10.7 Å². The van der Waals surface area contributed by atoms with Crippen LogP contribution in [0.15, 0.2) is 76.0 Å². The summed E-state index contributed by atoms with van der Waals surface area (Å²) < 4.78 is 24.5. The topological polar surface area (TPSA) is 87.6 Å². The van der Waals surface area contributed by atoms with Crippen LogP contribution in [0.25, 0.3) is 0 Å². The summed E-state index contributed by atoms with van der Waals surface area (Å²) in [7, 11) is -3.78. The van der Waals surface area contributed by atoms with Crippen molar-refractivity contribution in [2.75, 3.05) is 5.32 Å². The first-order valence-corrected chi connectivity index (χ1v) is 10.9. The number of carbonyl (C=O) groups excluding carboxylic acids is 1.